The van der Waals surface area contributed by atoms with Crippen molar-refractivity contribution in [3.05, 3.63) is 40.8 Å². The Morgan fingerprint density at radius 1 is 1.06 bits per heavy atom. The molecule has 0 bridgehead atoms. The van der Waals surface area contributed by atoms with E-state index in [9.17, 15) is 4.79 Å². The van der Waals surface area contributed by atoms with Gasteiger partial charge in [-0.15, -0.1) is 0 Å². The maximum absolute atomic E-state index is 12.6. The van der Waals surface area contributed by atoms with E-state index in [0.717, 1.165) is 70.6 Å². The summed E-state index contributed by atoms with van der Waals surface area (Å²) in [5.74, 6) is 1.09. The number of rotatable bonds is 5. The van der Waals surface area contributed by atoms with E-state index in [1.165, 1.54) is 5.69 Å². The lowest BCUT2D eigenvalue weighted by Crippen LogP contribution is -2.35. The van der Waals surface area contributed by atoms with Crippen LogP contribution in [0.5, 0.6) is 0 Å². The minimum atomic E-state index is -0.313. The van der Waals surface area contributed by atoms with E-state index in [1.807, 2.05) is 12.1 Å². The molecule has 1 aromatic carbocycles. The maximum atomic E-state index is 12.6. The second-order valence-corrected chi connectivity index (χ2v) is 9.90. The quantitative estimate of drug-likeness (QED) is 0.491. The van der Waals surface area contributed by atoms with Crippen molar-refractivity contribution in [3.8, 4) is 0 Å². The molecule has 35 heavy (non-hydrogen) atoms. The van der Waals surface area contributed by atoms with Crippen molar-refractivity contribution >= 4 is 45.9 Å². The second kappa shape index (κ2) is 9.25. The maximum Gasteiger partial charge on any atom is 0.277 e. The summed E-state index contributed by atoms with van der Waals surface area (Å²) in [4.78, 5) is 26.6. The van der Waals surface area contributed by atoms with Gasteiger partial charge < -0.3 is 20.4 Å². The molecule has 2 saturated heterocycles. The Hall–Kier alpha value is -2.95. The van der Waals surface area contributed by atoms with Crippen LogP contribution < -0.4 is 26.0 Å². The van der Waals surface area contributed by atoms with Crippen LogP contribution in [0.15, 0.2) is 35.3 Å². The molecule has 2 aromatic heterocycles. The van der Waals surface area contributed by atoms with Gasteiger partial charge in [0.2, 0.25) is 5.95 Å². The van der Waals surface area contributed by atoms with Crippen molar-refractivity contribution in [2.24, 2.45) is 5.41 Å². The van der Waals surface area contributed by atoms with E-state index in [-0.39, 0.29) is 17.1 Å². The zero-order valence-electron chi connectivity index (χ0n) is 19.5. The molecule has 1 spiro atoms. The zero-order valence-corrected chi connectivity index (χ0v) is 20.2. The van der Waals surface area contributed by atoms with Crippen LogP contribution in [0.4, 0.5) is 23.1 Å². The summed E-state index contributed by atoms with van der Waals surface area (Å²) in [6.45, 7) is 5.51. The third-order valence-electron chi connectivity index (χ3n) is 7.60. The molecule has 1 saturated carbocycles. The summed E-state index contributed by atoms with van der Waals surface area (Å²) in [7, 11) is 0. The number of hydrogen-bond donors (Lipinski definition) is 3. The highest BCUT2D eigenvalue weighted by molar-refractivity contribution is 6.07. The van der Waals surface area contributed by atoms with E-state index < -0.39 is 0 Å². The first-order valence-electron chi connectivity index (χ1n) is 12.3. The van der Waals surface area contributed by atoms with Gasteiger partial charge in [-0.2, -0.15) is 10.1 Å². The van der Waals surface area contributed by atoms with E-state index in [4.69, 9.17) is 21.1 Å². The molecule has 1 aliphatic carbocycles. The minimum Gasteiger partial charge on any atom is -0.371 e. The first-order chi connectivity index (χ1) is 17.1. The molecule has 2 aliphatic heterocycles. The van der Waals surface area contributed by atoms with Gasteiger partial charge in [-0.3, -0.25) is 9.08 Å². The predicted molar refractivity (Wildman–Crippen MR) is 137 cm³/mol. The standard InChI is InChI=1S/C24H29ClN8O2/c25-35-19-14-24(19)6-11-32(12-7-24)17-4-2-16(3-5-17)28-21-20-18(15-27-31-22(20)34)29-23(30-21)33-10-1-8-26-9-13-33/h2-5,15,19,26H,1,6-14H2,(H,31,34)(H,28,29,30). The summed E-state index contributed by atoms with van der Waals surface area (Å²) in [5.41, 5.74) is 2.54. The predicted octanol–water partition coefficient (Wildman–Crippen LogP) is 2.79. The van der Waals surface area contributed by atoms with E-state index >= 15 is 0 Å². The van der Waals surface area contributed by atoms with Crippen molar-refractivity contribution in [1.29, 1.82) is 0 Å². The largest absolute Gasteiger partial charge is 0.371 e. The van der Waals surface area contributed by atoms with Crippen LogP contribution >= 0.6 is 11.9 Å². The molecular formula is C24H29ClN8O2. The summed E-state index contributed by atoms with van der Waals surface area (Å²) >= 11 is 5.61. The van der Waals surface area contributed by atoms with Crippen molar-refractivity contribution in [2.75, 3.05) is 54.4 Å². The average molecular weight is 497 g/mol. The number of benzene rings is 1. The fraction of sp³-hybridized carbons (Fsp3) is 0.500. The van der Waals surface area contributed by atoms with Crippen LogP contribution in [0.1, 0.15) is 25.7 Å². The number of H-pyrrole nitrogens is 1. The van der Waals surface area contributed by atoms with Gasteiger partial charge in [0.05, 0.1) is 24.2 Å². The molecule has 0 radical (unpaired) electrons. The first-order valence-corrected chi connectivity index (χ1v) is 12.6. The summed E-state index contributed by atoms with van der Waals surface area (Å²) < 4.78 is 5.06. The summed E-state index contributed by atoms with van der Waals surface area (Å²) in [5, 5.41) is 13.6. The molecule has 3 fully saturated rings. The summed E-state index contributed by atoms with van der Waals surface area (Å²) in [6.07, 6.45) is 6.08. The molecule has 1 atom stereocenters. The highest BCUT2D eigenvalue weighted by atomic mass is 35.5. The molecule has 4 heterocycles. The van der Waals surface area contributed by atoms with Gasteiger partial charge in [-0.1, -0.05) is 0 Å². The number of halogens is 1. The number of hydrogen-bond acceptors (Lipinski definition) is 9. The molecule has 1 unspecified atom stereocenters. The lowest BCUT2D eigenvalue weighted by Gasteiger charge is -2.34. The Balaban J connectivity index is 1.23. The summed E-state index contributed by atoms with van der Waals surface area (Å²) in [6, 6.07) is 8.28. The number of anilines is 4. The molecular weight excluding hydrogens is 468 g/mol. The topological polar surface area (TPSA) is 111 Å². The van der Waals surface area contributed by atoms with Crippen molar-refractivity contribution < 1.29 is 4.29 Å². The smallest absolute Gasteiger partial charge is 0.277 e. The molecule has 11 heteroatoms. The van der Waals surface area contributed by atoms with Gasteiger partial charge in [0.25, 0.3) is 5.56 Å². The SMILES string of the molecule is O=c1[nH]ncc2nc(N3CCCNCC3)nc(Nc3ccc(N4CCC5(CC4)CC5OCl)cc3)c12. The van der Waals surface area contributed by atoms with E-state index in [0.29, 0.717) is 22.7 Å². The Morgan fingerprint density at radius 2 is 1.89 bits per heavy atom. The Labute approximate surface area is 208 Å². The molecule has 3 aliphatic rings. The van der Waals surface area contributed by atoms with Gasteiger partial charge in [0, 0.05) is 49.5 Å². The van der Waals surface area contributed by atoms with Crippen LogP contribution in [-0.4, -0.2) is 65.5 Å². The zero-order chi connectivity index (χ0) is 23.8. The third-order valence-corrected chi connectivity index (χ3v) is 7.82. The van der Waals surface area contributed by atoms with Gasteiger partial charge in [0.15, 0.2) is 0 Å². The van der Waals surface area contributed by atoms with E-state index in [2.05, 4.69) is 47.7 Å². The van der Waals surface area contributed by atoms with Crippen LogP contribution in [0.2, 0.25) is 0 Å². The Bertz CT molecular complexity index is 1250. The fourth-order valence-electron chi connectivity index (χ4n) is 5.33. The average Bonchev–Trinajstić information content (AvgIpc) is 3.63. The normalized spacial score (nSPS) is 21.8. The minimum absolute atomic E-state index is 0.217. The molecule has 3 N–H and O–H groups in total. The second-order valence-electron chi connectivity index (χ2n) is 9.73. The Kier molecular flexibility index (Phi) is 5.95. The molecule has 6 rings (SSSR count). The van der Waals surface area contributed by atoms with Crippen LogP contribution in [-0.2, 0) is 4.29 Å². The Morgan fingerprint density at radius 3 is 2.66 bits per heavy atom. The molecule has 184 valence electrons. The number of aromatic amines is 1. The lowest BCUT2D eigenvalue weighted by atomic mass is 9.93. The van der Waals surface area contributed by atoms with Crippen LogP contribution in [0.3, 0.4) is 0 Å². The number of nitrogens with zero attached hydrogens (tertiary/aromatic N) is 5. The van der Waals surface area contributed by atoms with Gasteiger partial charge in [0.1, 0.15) is 16.7 Å². The van der Waals surface area contributed by atoms with Gasteiger partial charge in [-0.25, -0.2) is 10.1 Å². The lowest BCUT2D eigenvalue weighted by molar-refractivity contribution is 0.236. The fourth-order valence-corrected chi connectivity index (χ4v) is 5.59. The third kappa shape index (κ3) is 4.41. The van der Waals surface area contributed by atoms with Crippen molar-refractivity contribution in [3.63, 3.8) is 0 Å². The van der Waals surface area contributed by atoms with Crippen molar-refractivity contribution in [1.82, 2.24) is 25.5 Å². The molecule has 3 aromatic rings. The number of nitrogens with one attached hydrogen (secondary N) is 3. The van der Waals surface area contributed by atoms with Crippen molar-refractivity contribution in [2.45, 2.75) is 31.8 Å². The molecule has 0 amide bonds. The first kappa shape index (κ1) is 22.5. The van der Waals surface area contributed by atoms with Crippen LogP contribution in [0.25, 0.3) is 10.9 Å². The number of piperidine rings is 1. The highest BCUT2D eigenvalue weighted by Crippen LogP contribution is 2.56. The van der Waals surface area contributed by atoms with Crippen LogP contribution in [0, 0.1) is 5.41 Å². The number of aromatic nitrogens is 4. The molecule has 10 nitrogen and oxygen atoms in total. The monoisotopic (exact) mass is 496 g/mol. The van der Waals surface area contributed by atoms with E-state index in [1.54, 1.807) is 6.20 Å². The highest BCUT2D eigenvalue weighted by Gasteiger charge is 2.56. The van der Waals surface area contributed by atoms with Gasteiger partial charge in [-0.05, 0) is 56.5 Å². The number of fused-ring (bicyclic) bond motifs is 1. The van der Waals surface area contributed by atoms with Gasteiger partial charge >= 0.3 is 0 Å².